The van der Waals surface area contributed by atoms with Crippen molar-refractivity contribution in [3.05, 3.63) is 12.7 Å². The largest absolute Gasteiger partial charge is 0.445 e. The summed E-state index contributed by atoms with van der Waals surface area (Å²) in [7, 11) is 0. The van der Waals surface area contributed by atoms with Gasteiger partial charge in [0.25, 0.3) is 0 Å². The molecule has 0 aliphatic carbocycles. The van der Waals surface area contributed by atoms with E-state index in [4.69, 9.17) is 0 Å². The van der Waals surface area contributed by atoms with E-state index in [1.165, 1.54) is 13.0 Å². The zero-order chi connectivity index (χ0) is 7.98. The summed E-state index contributed by atoms with van der Waals surface area (Å²) in [6.07, 6.45) is 0.951. The van der Waals surface area contributed by atoms with Gasteiger partial charge in [-0.15, -0.1) is 0 Å². The van der Waals surface area contributed by atoms with Gasteiger partial charge in [0.05, 0.1) is 0 Å². The molecule has 0 aliphatic rings. The Labute approximate surface area is 68.4 Å². The van der Waals surface area contributed by atoms with Crippen molar-refractivity contribution in [2.24, 2.45) is 0 Å². The third-order valence-corrected chi connectivity index (χ3v) is 0.933. The Bertz CT molecular complexity index is 188. The second-order valence-corrected chi connectivity index (χ2v) is 1.90. The highest BCUT2D eigenvalue weighted by atomic mass is 79.9. The quantitative estimate of drug-likeness (QED) is 0.385. The highest BCUT2D eigenvalue weighted by Gasteiger charge is 2.00. The maximum atomic E-state index is 10.3. The zero-order valence-electron chi connectivity index (χ0n) is 5.56. The second-order valence-electron chi connectivity index (χ2n) is 1.50. The number of carbonyl (C=O) groups is 1. The molecule has 0 heterocycles. The van der Waals surface area contributed by atoms with Crippen LogP contribution in [0.15, 0.2) is 12.7 Å². The Morgan fingerprint density at radius 2 is 2.50 bits per heavy atom. The summed E-state index contributed by atoms with van der Waals surface area (Å²) in [4.78, 5) is 12.8. The van der Waals surface area contributed by atoms with E-state index < -0.39 is 6.10 Å². The molecular weight excluding hydrogens is 196 g/mol. The van der Waals surface area contributed by atoms with E-state index in [-0.39, 0.29) is 5.97 Å². The summed E-state index contributed by atoms with van der Waals surface area (Å²) in [5.74, 6) is 2.21. The Balaban J connectivity index is 3.91. The lowest BCUT2D eigenvalue weighted by atomic mass is 10.4. The van der Waals surface area contributed by atoms with Gasteiger partial charge in [-0.3, -0.25) is 4.79 Å². The molecule has 0 amide bonds. The fourth-order valence-electron chi connectivity index (χ4n) is 0.369. The van der Waals surface area contributed by atoms with Crippen LogP contribution in [-0.4, -0.2) is 12.1 Å². The molecule has 0 aromatic carbocycles. The number of hydrogen-bond acceptors (Lipinski definition) is 2. The first-order valence-corrected chi connectivity index (χ1v) is 3.41. The summed E-state index contributed by atoms with van der Waals surface area (Å²) in [6.45, 7) is 4.76. The van der Waals surface area contributed by atoms with Crippen molar-refractivity contribution < 1.29 is 9.53 Å². The van der Waals surface area contributed by atoms with Gasteiger partial charge in [0.1, 0.15) is 0 Å². The molecule has 0 saturated carbocycles. The summed E-state index contributed by atoms with van der Waals surface area (Å²) >= 11 is 2.88. The monoisotopic (exact) mass is 202 g/mol. The third kappa shape index (κ3) is 4.16. The molecule has 54 valence electrons. The minimum Gasteiger partial charge on any atom is -0.445 e. The van der Waals surface area contributed by atoms with Crippen LogP contribution in [0.2, 0.25) is 0 Å². The molecule has 0 aromatic rings. The van der Waals surface area contributed by atoms with Crippen LogP contribution in [0.3, 0.4) is 0 Å². The first-order valence-electron chi connectivity index (χ1n) is 2.61. The van der Waals surface area contributed by atoms with Crippen molar-refractivity contribution in [3.8, 4) is 10.8 Å². The highest BCUT2D eigenvalue weighted by Crippen LogP contribution is 1.92. The van der Waals surface area contributed by atoms with Crippen molar-refractivity contribution in [1.82, 2.24) is 0 Å². The summed E-state index contributed by atoms with van der Waals surface area (Å²) in [5, 5.41) is 0. The van der Waals surface area contributed by atoms with E-state index >= 15 is 0 Å². The van der Waals surface area contributed by atoms with E-state index in [9.17, 15) is 4.79 Å². The predicted molar refractivity (Wildman–Crippen MR) is 42.5 cm³/mol. The van der Waals surface area contributed by atoms with E-state index in [1.807, 2.05) is 0 Å². The molecule has 3 heteroatoms. The topological polar surface area (TPSA) is 26.3 Å². The average molecular weight is 203 g/mol. The molecule has 10 heavy (non-hydrogen) atoms. The van der Waals surface area contributed by atoms with Gasteiger partial charge in [0.15, 0.2) is 6.10 Å². The molecule has 0 N–H and O–H groups in total. The minimum atomic E-state index is -0.503. The molecule has 0 fully saturated rings. The van der Waals surface area contributed by atoms with Gasteiger partial charge in [-0.2, -0.15) is 0 Å². The standard InChI is InChI=1S/C7H7BrO2/c1-3-7(4-5-8)10-6(2)9/h3,7H,1H2,2H3/t7-/m0/s1. The third-order valence-electron chi connectivity index (χ3n) is 0.704. The van der Waals surface area contributed by atoms with E-state index in [1.54, 1.807) is 0 Å². The van der Waals surface area contributed by atoms with Gasteiger partial charge in [0.2, 0.25) is 0 Å². The van der Waals surface area contributed by atoms with Gasteiger partial charge in [-0.1, -0.05) is 6.58 Å². The van der Waals surface area contributed by atoms with Crippen molar-refractivity contribution >= 4 is 21.9 Å². The molecule has 1 atom stereocenters. The number of esters is 1. The van der Waals surface area contributed by atoms with Crippen LogP contribution in [0.5, 0.6) is 0 Å². The summed E-state index contributed by atoms with van der Waals surface area (Å²) in [5.41, 5.74) is 0. The molecule has 0 saturated heterocycles. The van der Waals surface area contributed by atoms with Crippen LogP contribution >= 0.6 is 15.9 Å². The van der Waals surface area contributed by atoms with Gasteiger partial charge in [0, 0.05) is 22.9 Å². The maximum absolute atomic E-state index is 10.3. The molecule has 0 rings (SSSR count). The first-order chi connectivity index (χ1) is 4.70. The Morgan fingerprint density at radius 1 is 1.90 bits per heavy atom. The normalized spacial score (nSPS) is 10.6. The van der Waals surface area contributed by atoms with Crippen LogP contribution in [0.4, 0.5) is 0 Å². The molecule has 0 aromatic heterocycles. The lowest BCUT2D eigenvalue weighted by Gasteiger charge is -2.03. The number of carbonyl (C=O) groups excluding carboxylic acids is 1. The number of ether oxygens (including phenoxy) is 1. The van der Waals surface area contributed by atoms with Crippen LogP contribution in [0, 0.1) is 10.8 Å². The highest BCUT2D eigenvalue weighted by molar-refractivity contribution is 9.12. The Kier molecular flexibility index (Phi) is 4.69. The van der Waals surface area contributed by atoms with Crippen LogP contribution in [0.1, 0.15) is 6.92 Å². The summed E-state index contributed by atoms with van der Waals surface area (Å²) in [6, 6.07) is 0. The maximum Gasteiger partial charge on any atom is 0.304 e. The molecule has 0 bridgehead atoms. The molecule has 0 aliphatic heterocycles. The van der Waals surface area contributed by atoms with Gasteiger partial charge in [-0.25, -0.2) is 0 Å². The predicted octanol–water partition coefficient (Wildman–Crippen LogP) is 1.46. The number of rotatable bonds is 2. The fraction of sp³-hybridized carbons (Fsp3) is 0.286. The van der Waals surface area contributed by atoms with Gasteiger partial charge < -0.3 is 4.74 Å². The van der Waals surface area contributed by atoms with Gasteiger partial charge in [-0.05, 0) is 16.8 Å². The Hall–Kier alpha value is -0.750. The number of hydrogen-bond donors (Lipinski definition) is 0. The second kappa shape index (κ2) is 5.07. The average Bonchev–Trinajstić information content (AvgIpc) is 1.86. The van der Waals surface area contributed by atoms with Crippen LogP contribution in [-0.2, 0) is 9.53 Å². The smallest absolute Gasteiger partial charge is 0.304 e. The van der Waals surface area contributed by atoms with E-state index in [2.05, 4.69) is 38.0 Å². The van der Waals surface area contributed by atoms with E-state index in [0.29, 0.717) is 0 Å². The molecule has 0 radical (unpaired) electrons. The zero-order valence-corrected chi connectivity index (χ0v) is 7.14. The van der Waals surface area contributed by atoms with Gasteiger partial charge >= 0.3 is 5.97 Å². The SMILES string of the molecule is C=C[C@@H](C#CBr)OC(C)=O. The molecular formula is C7H7BrO2. The van der Waals surface area contributed by atoms with Crippen molar-refractivity contribution in [1.29, 1.82) is 0 Å². The van der Waals surface area contributed by atoms with Crippen molar-refractivity contribution in [3.63, 3.8) is 0 Å². The summed E-state index contributed by atoms with van der Waals surface area (Å²) < 4.78 is 4.68. The minimum absolute atomic E-state index is 0.361. The van der Waals surface area contributed by atoms with E-state index in [0.717, 1.165) is 0 Å². The molecule has 0 spiro atoms. The van der Waals surface area contributed by atoms with Crippen LogP contribution in [0.25, 0.3) is 0 Å². The van der Waals surface area contributed by atoms with Crippen molar-refractivity contribution in [2.75, 3.05) is 0 Å². The fourth-order valence-corrected chi connectivity index (χ4v) is 0.595. The lowest BCUT2D eigenvalue weighted by molar-refractivity contribution is -0.142. The van der Waals surface area contributed by atoms with Crippen LogP contribution < -0.4 is 0 Å². The van der Waals surface area contributed by atoms with Crippen molar-refractivity contribution in [2.45, 2.75) is 13.0 Å². The Morgan fingerprint density at radius 3 is 2.80 bits per heavy atom. The first kappa shape index (κ1) is 9.25. The number of halogens is 1. The molecule has 0 unspecified atom stereocenters. The lowest BCUT2D eigenvalue weighted by Crippen LogP contribution is -2.10. The molecule has 2 nitrogen and oxygen atoms in total.